The second kappa shape index (κ2) is 15.9. The van der Waals surface area contributed by atoms with Crippen LogP contribution in [0.25, 0.3) is 0 Å². The lowest BCUT2D eigenvalue weighted by atomic mass is 9.70. The van der Waals surface area contributed by atoms with E-state index < -0.39 is 53.5 Å². The van der Waals surface area contributed by atoms with Crippen LogP contribution in [0.1, 0.15) is 71.4 Å². The topological polar surface area (TPSA) is 125 Å². The molecule has 3 fully saturated rings. The summed E-state index contributed by atoms with van der Waals surface area (Å²) in [5.74, 6) is -3.50. The number of fused-ring (bicyclic) bond motifs is 1. The number of carbonyl (C=O) groups is 4. The SMILES string of the molecule is C=CCCC(=O)OC[C@@H](NC(=O)[C@H]1[C@@H]2O[C@@]3(CC2Br)[C@@H]1C(=O)N([C@@H](CO)C(C)C)[C@@H]3C(=O)N(CC=C)C(C)CCC)c1ccccc1. The number of ether oxygens (including phenoxy) is 2. The molecule has 2 bridgehead atoms. The van der Waals surface area contributed by atoms with E-state index in [2.05, 4.69) is 41.3 Å². The summed E-state index contributed by atoms with van der Waals surface area (Å²) in [6.45, 7) is 15.2. The summed E-state index contributed by atoms with van der Waals surface area (Å²) in [5.41, 5.74) is -0.536. The molecule has 3 amide bonds. The third-order valence-electron chi connectivity index (χ3n) is 9.91. The summed E-state index contributed by atoms with van der Waals surface area (Å²) in [4.78, 5) is 59.0. The Hall–Kier alpha value is -3.02. The molecule has 258 valence electrons. The van der Waals surface area contributed by atoms with E-state index in [0.29, 0.717) is 19.4 Å². The van der Waals surface area contributed by atoms with E-state index in [1.165, 1.54) is 4.90 Å². The Morgan fingerprint density at radius 2 is 1.91 bits per heavy atom. The molecule has 0 saturated carbocycles. The van der Waals surface area contributed by atoms with Crippen molar-refractivity contribution in [3.05, 3.63) is 61.2 Å². The number of alkyl halides is 1. The zero-order valence-electron chi connectivity index (χ0n) is 28.0. The molecule has 9 atom stereocenters. The zero-order chi connectivity index (χ0) is 34.5. The van der Waals surface area contributed by atoms with Crippen LogP contribution in [-0.2, 0) is 28.7 Å². The summed E-state index contributed by atoms with van der Waals surface area (Å²) in [6, 6.07) is 6.72. The van der Waals surface area contributed by atoms with Crippen molar-refractivity contribution >= 4 is 39.6 Å². The van der Waals surface area contributed by atoms with Gasteiger partial charge in [0.25, 0.3) is 0 Å². The van der Waals surface area contributed by atoms with E-state index >= 15 is 0 Å². The summed E-state index contributed by atoms with van der Waals surface area (Å²) in [6.07, 6.45) is 5.29. The van der Waals surface area contributed by atoms with E-state index in [0.717, 1.165) is 18.4 Å². The number of halogens is 1. The molecule has 0 aliphatic carbocycles. The molecule has 3 aliphatic heterocycles. The molecule has 3 aliphatic rings. The van der Waals surface area contributed by atoms with Crippen LogP contribution < -0.4 is 5.32 Å². The molecule has 3 saturated heterocycles. The van der Waals surface area contributed by atoms with Crippen LogP contribution in [0.2, 0.25) is 0 Å². The van der Waals surface area contributed by atoms with Crippen molar-refractivity contribution in [1.29, 1.82) is 0 Å². The van der Waals surface area contributed by atoms with Gasteiger partial charge in [0.1, 0.15) is 18.2 Å². The van der Waals surface area contributed by atoms with Crippen molar-refractivity contribution in [2.75, 3.05) is 19.8 Å². The average Bonchev–Trinajstić information content (AvgIpc) is 3.64. The minimum absolute atomic E-state index is 0.0928. The summed E-state index contributed by atoms with van der Waals surface area (Å²) in [7, 11) is 0. The molecule has 2 unspecified atom stereocenters. The number of carbonyl (C=O) groups excluding carboxylic acids is 4. The number of allylic oxidation sites excluding steroid dienone is 1. The Morgan fingerprint density at radius 3 is 2.51 bits per heavy atom. The van der Waals surface area contributed by atoms with E-state index in [1.54, 1.807) is 17.1 Å². The first-order chi connectivity index (χ1) is 22.5. The van der Waals surface area contributed by atoms with Gasteiger partial charge in [-0.25, -0.2) is 0 Å². The largest absolute Gasteiger partial charge is 0.463 e. The maximum Gasteiger partial charge on any atom is 0.306 e. The zero-order valence-corrected chi connectivity index (χ0v) is 29.6. The van der Waals surface area contributed by atoms with Crippen LogP contribution in [-0.4, -0.2) is 93.0 Å². The average molecular weight is 717 g/mol. The molecule has 0 radical (unpaired) electrons. The third-order valence-corrected chi connectivity index (χ3v) is 10.8. The van der Waals surface area contributed by atoms with Crippen LogP contribution in [0, 0.1) is 17.8 Å². The van der Waals surface area contributed by atoms with Gasteiger partial charge in [-0.15, -0.1) is 13.2 Å². The van der Waals surface area contributed by atoms with E-state index in [4.69, 9.17) is 9.47 Å². The van der Waals surface area contributed by atoms with Crippen LogP contribution >= 0.6 is 15.9 Å². The number of likely N-dealkylation sites (tertiary alicyclic amines) is 1. The highest BCUT2D eigenvalue weighted by molar-refractivity contribution is 9.09. The number of hydrogen-bond donors (Lipinski definition) is 2. The van der Waals surface area contributed by atoms with Gasteiger partial charge in [-0.1, -0.05) is 85.6 Å². The number of aliphatic hydroxyl groups is 1. The number of benzene rings is 1. The predicted octanol–water partition coefficient (Wildman–Crippen LogP) is 4.32. The van der Waals surface area contributed by atoms with Crippen LogP contribution in [0.4, 0.5) is 0 Å². The van der Waals surface area contributed by atoms with Crippen molar-refractivity contribution in [3.63, 3.8) is 0 Å². The monoisotopic (exact) mass is 715 g/mol. The van der Waals surface area contributed by atoms with E-state index in [-0.39, 0.29) is 48.2 Å². The highest BCUT2D eigenvalue weighted by atomic mass is 79.9. The second-order valence-corrected chi connectivity index (χ2v) is 14.5. The summed E-state index contributed by atoms with van der Waals surface area (Å²) < 4.78 is 12.3. The molecule has 47 heavy (non-hydrogen) atoms. The van der Waals surface area contributed by atoms with Crippen molar-refractivity contribution in [1.82, 2.24) is 15.1 Å². The van der Waals surface area contributed by atoms with Gasteiger partial charge in [0.05, 0.1) is 36.6 Å². The van der Waals surface area contributed by atoms with Crippen LogP contribution in [0.3, 0.4) is 0 Å². The van der Waals surface area contributed by atoms with Gasteiger partial charge < -0.3 is 29.7 Å². The Labute approximate surface area is 287 Å². The molecule has 11 heteroatoms. The Kier molecular flexibility index (Phi) is 12.5. The Morgan fingerprint density at radius 1 is 1.21 bits per heavy atom. The number of nitrogens with one attached hydrogen (secondary N) is 1. The minimum atomic E-state index is -1.28. The molecule has 1 aromatic carbocycles. The van der Waals surface area contributed by atoms with Gasteiger partial charge in [0, 0.05) is 23.8 Å². The van der Waals surface area contributed by atoms with Crippen LogP contribution in [0.5, 0.6) is 0 Å². The van der Waals surface area contributed by atoms with Crippen molar-refractivity contribution < 1.29 is 33.8 Å². The van der Waals surface area contributed by atoms with Crippen molar-refractivity contribution in [3.8, 4) is 0 Å². The number of hydrogen-bond acceptors (Lipinski definition) is 7. The molecule has 3 heterocycles. The number of esters is 1. The summed E-state index contributed by atoms with van der Waals surface area (Å²) >= 11 is 3.74. The second-order valence-electron chi connectivity index (χ2n) is 13.3. The maximum absolute atomic E-state index is 14.7. The van der Waals surface area contributed by atoms with Gasteiger partial charge in [0.2, 0.25) is 17.7 Å². The van der Waals surface area contributed by atoms with E-state index in [9.17, 15) is 24.3 Å². The highest BCUT2D eigenvalue weighted by Crippen LogP contribution is 2.61. The third kappa shape index (κ3) is 7.22. The van der Waals surface area contributed by atoms with Gasteiger partial charge in [-0.05, 0) is 37.7 Å². The van der Waals surface area contributed by atoms with Gasteiger partial charge in [0.15, 0.2) is 0 Å². The number of nitrogens with zero attached hydrogens (tertiary/aromatic N) is 2. The molecular formula is C36H50BrN3O7. The molecule has 10 nitrogen and oxygen atoms in total. The lowest BCUT2D eigenvalue weighted by molar-refractivity contribution is -0.153. The maximum atomic E-state index is 14.7. The normalized spacial score (nSPS) is 28.0. The van der Waals surface area contributed by atoms with Crippen molar-refractivity contribution in [2.24, 2.45) is 17.8 Å². The van der Waals surface area contributed by atoms with E-state index in [1.807, 2.05) is 51.1 Å². The smallest absolute Gasteiger partial charge is 0.306 e. The van der Waals surface area contributed by atoms with Gasteiger partial charge in [-0.3, -0.25) is 19.2 Å². The van der Waals surface area contributed by atoms with Gasteiger partial charge in [-0.2, -0.15) is 0 Å². The standard InChI is InChI=1S/C36H50BrN3O7/c1-7-10-17-28(42)46-21-26(24-15-12-11-13-16-24)38-33(43)29-30-34(44)40(27(20-41)22(4)5)32(36(30)19-25(37)31(29)47-36)35(45)39(18-9-3)23(6)14-8-2/h7,9,11-13,15-16,22-23,25-27,29-32,41H,1,3,8,10,14,17-21H2,2,4-6H3,(H,38,43)/t23?,25?,26-,27+,29-,30+,31-,32-,36+/m1/s1. The molecule has 2 N–H and O–H groups in total. The van der Waals surface area contributed by atoms with Crippen molar-refractivity contribution in [2.45, 2.75) is 100 Å². The first-order valence-corrected chi connectivity index (χ1v) is 17.7. The fourth-order valence-corrected chi connectivity index (χ4v) is 8.57. The minimum Gasteiger partial charge on any atom is -0.463 e. The lowest BCUT2D eigenvalue weighted by Crippen LogP contribution is -2.61. The van der Waals surface area contributed by atoms with Crippen LogP contribution in [0.15, 0.2) is 55.6 Å². The van der Waals surface area contributed by atoms with Gasteiger partial charge >= 0.3 is 5.97 Å². The fourth-order valence-electron chi connectivity index (χ4n) is 7.62. The number of amides is 3. The molecule has 1 aromatic rings. The first kappa shape index (κ1) is 36.8. The Bertz CT molecular complexity index is 1310. The highest BCUT2D eigenvalue weighted by Gasteiger charge is 2.77. The molecule has 1 spiro atoms. The molecular weight excluding hydrogens is 666 g/mol. The summed E-state index contributed by atoms with van der Waals surface area (Å²) in [5, 5.41) is 13.6. The lowest BCUT2D eigenvalue weighted by Gasteiger charge is -2.41. The quantitative estimate of drug-likeness (QED) is 0.140. The molecule has 4 rings (SSSR count). The fraction of sp³-hybridized carbons (Fsp3) is 0.611. The Balaban J connectivity index is 1.72. The number of aliphatic hydroxyl groups excluding tert-OH is 1. The predicted molar refractivity (Wildman–Crippen MR) is 182 cm³/mol. The molecule has 0 aromatic heterocycles. The number of rotatable bonds is 17. The first-order valence-electron chi connectivity index (χ1n) is 16.7.